The Bertz CT molecular complexity index is 370. The van der Waals surface area contributed by atoms with E-state index in [2.05, 4.69) is 11.9 Å². The predicted octanol–water partition coefficient (Wildman–Crippen LogP) is 2.92. The minimum absolute atomic E-state index is 0.00830. The highest BCUT2D eigenvalue weighted by Crippen LogP contribution is 2.13. The second-order valence-electron chi connectivity index (χ2n) is 3.51. The number of benzene rings is 1. The molecule has 15 heavy (non-hydrogen) atoms. The lowest BCUT2D eigenvalue weighted by molar-refractivity contribution is -0.117. The maximum absolute atomic E-state index is 11.3. The van der Waals surface area contributed by atoms with Gasteiger partial charge in [0.1, 0.15) is 0 Å². The topological polar surface area (TPSA) is 29.1 Å². The smallest absolute Gasteiger partial charge is 0.262 e. The first-order chi connectivity index (χ1) is 7.00. The normalized spacial score (nSPS) is 11.9. The lowest BCUT2D eigenvalue weighted by Gasteiger charge is -2.13. The van der Waals surface area contributed by atoms with Gasteiger partial charge >= 0.3 is 0 Å². The average molecular weight is 224 g/mol. The zero-order chi connectivity index (χ0) is 11.4. The summed E-state index contributed by atoms with van der Waals surface area (Å²) in [6.45, 7) is 7.30. The third kappa shape index (κ3) is 3.40. The third-order valence-electron chi connectivity index (χ3n) is 2.17. The standard InChI is InChI=1S/C12H14ClNO/c1-8-4-6-11(7-5-8)10(3)14-12(15)9(2)13/h4-7,10H,2H2,1,3H3,(H,14,15)/t10-/m0/s1. The number of carbonyl (C=O) groups excluding carboxylic acids is 1. The molecule has 3 heteroatoms. The van der Waals surface area contributed by atoms with Gasteiger partial charge in [-0.3, -0.25) is 4.79 Å². The van der Waals surface area contributed by atoms with E-state index >= 15 is 0 Å². The first kappa shape index (κ1) is 11.8. The molecule has 0 saturated heterocycles. The van der Waals surface area contributed by atoms with Gasteiger partial charge in [-0.15, -0.1) is 0 Å². The van der Waals surface area contributed by atoms with Crippen LogP contribution >= 0.6 is 11.6 Å². The van der Waals surface area contributed by atoms with Crippen LogP contribution in [0.3, 0.4) is 0 Å². The molecule has 1 rings (SSSR count). The van der Waals surface area contributed by atoms with Gasteiger partial charge in [0.15, 0.2) is 0 Å². The molecule has 0 aliphatic heterocycles. The molecule has 2 nitrogen and oxygen atoms in total. The van der Waals surface area contributed by atoms with E-state index in [1.54, 1.807) is 0 Å². The van der Waals surface area contributed by atoms with Gasteiger partial charge in [0.2, 0.25) is 0 Å². The van der Waals surface area contributed by atoms with Crippen molar-refractivity contribution in [1.29, 1.82) is 0 Å². The average Bonchev–Trinajstić information content (AvgIpc) is 2.18. The third-order valence-corrected chi connectivity index (χ3v) is 2.34. The molecule has 0 saturated carbocycles. The highest BCUT2D eigenvalue weighted by atomic mass is 35.5. The molecular formula is C12H14ClNO. The van der Waals surface area contributed by atoms with E-state index in [9.17, 15) is 4.79 Å². The van der Waals surface area contributed by atoms with E-state index in [-0.39, 0.29) is 17.0 Å². The Morgan fingerprint density at radius 3 is 2.40 bits per heavy atom. The predicted molar refractivity (Wildman–Crippen MR) is 62.7 cm³/mol. The van der Waals surface area contributed by atoms with Gasteiger partial charge in [-0.1, -0.05) is 48.0 Å². The summed E-state index contributed by atoms with van der Waals surface area (Å²) >= 11 is 5.48. The molecule has 0 aliphatic rings. The van der Waals surface area contributed by atoms with E-state index < -0.39 is 0 Å². The molecule has 1 aromatic carbocycles. The first-order valence-corrected chi connectivity index (χ1v) is 5.10. The van der Waals surface area contributed by atoms with Crippen molar-refractivity contribution in [2.45, 2.75) is 19.9 Å². The molecule has 1 aromatic rings. The molecule has 1 N–H and O–H groups in total. The molecule has 0 fully saturated rings. The molecule has 0 radical (unpaired) electrons. The summed E-state index contributed by atoms with van der Waals surface area (Å²) in [5.74, 6) is -0.329. The van der Waals surface area contributed by atoms with Crippen LogP contribution < -0.4 is 5.32 Å². The Morgan fingerprint density at radius 1 is 1.40 bits per heavy atom. The monoisotopic (exact) mass is 223 g/mol. The van der Waals surface area contributed by atoms with Crippen LogP contribution in [0.5, 0.6) is 0 Å². The summed E-state index contributed by atoms with van der Waals surface area (Å²) in [5.41, 5.74) is 2.24. The van der Waals surface area contributed by atoms with Gasteiger partial charge < -0.3 is 5.32 Å². The van der Waals surface area contributed by atoms with E-state index in [0.717, 1.165) is 5.56 Å². The number of halogens is 1. The number of carbonyl (C=O) groups is 1. The summed E-state index contributed by atoms with van der Waals surface area (Å²) in [6, 6.07) is 7.92. The summed E-state index contributed by atoms with van der Waals surface area (Å²) in [4.78, 5) is 11.3. The molecule has 1 amide bonds. The number of nitrogens with one attached hydrogen (secondary N) is 1. The van der Waals surface area contributed by atoms with Gasteiger partial charge in [0.05, 0.1) is 11.1 Å². The quantitative estimate of drug-likeness (QED) is 0.785. The number of hydrogen-bond acceptors (Lipinski definition) is 1. The molecule has 0 aliphatic carbocycles. The van der Waals surface area contributed by atoms with Crippen LogP contribution in [0.2, 0.25) is 0 Å². The van der Waals surface area contributed by atoms with Gasteiger partial charge in [0.25, 0.3) is 5.91 Å². The fourth-order valence-electron chi connectivity index (χ4n) is 1.21. The zero-order valence-corrected chi connectivity index (χ0v) is 9.64. The van der Waals surface area contributed by atoms with Crippen LogP contribution in [0.1, 0.15) is 24.1 Å². The molecule has 0 unspecified atom stereocenters. The van der Waals surface area contributed by atoms with Crippen LogP contribution in [-0.4, -0.2) is 5.91 Å². The summed E-state index contributed by atoms with van der Waals surface area (Å²) in [7, 11) is 0. The molecule has 0 bridgehead atoms. The van der Waals surface area contributed by atoms with Crippen molar-refractivity contribution in [3.05, 3.63) is 47.0 Å². The molecule has 0 heterocycles. The van der Waals surface area contributed by atoms with Crippen LogP contribution in [-0.2, 0) is 4.79 Å². The van der Waals surface area contributed by atoms with E-state index in [4.69, 9.17) is 11.6 Å². The first-order valence-electron chi connectivity index (χ1n) is 4.72. The summed E-state index contributed by atoms with van der Waals surface area (Å²) < 4.78 is 0. The van der Waals surface area contributed by atoms with Crippen LogP contribution in [0.4, 0.5) is 0 Å². The largest absolute Gasteiger partial charge is 0.345 e. The minimum Gasteiger partial charge on any atom is -0.345 e. The van der Waals surface area contributed by atoms with Crippen molar-refractivity contribution in [2.75, 3.05) is 0 Å². The highest BCUT2D eigenvalue weighted by Gasteiger charge is 2.10. The Hall–Kier alpha value is -1.28. The van der Waals surface area contributed by atoms with Crippen molar-refractivity contribution in [3.8, 4) is 0 Å². The highest BCUT2D eigenvalue weighted by molar-refractivity contribution is 6.41. The fourth-order valence-corrected chi connectivity index (χ4v) is 1.27. The van der Waals surface area contributed by atoms with Crippen molar-refractivity contribution < 1.29 is 4.79 Å². The van der Waals surface area contributed by atoms with Crippen LogP contribution in [0.25, 0.3) is 0 Å². The number of amides is 1. The van der Waals surface area contributed by atoms with Crippen molar-refractivity contribution in [2.24, 2.45) is 0 Å². The molecule has 0 spiro atoms. The van der Waals surface area contributed by atoms with E-state index in [1.165, 1.54) is 5.56 Å². The van der Waals surface area contributed by atoms with E-state index in [1.807, 2.05) is 38.1 Å². The lowest BCUT2D eigenvalue weighted by Crippen LogP contribution is -2.26. The second kappa shape index (κ2) is 4.99. The lowest BCUT2D eigenvalue weighted by atomic mass is 10.1. The Balaban J connectivity index is 2.69. The van der Waals surface area contributed by atoms with Crippen molar-refractivity contribution >= 4 is 17.5 Å². The fraction of sp³-hybridized carbons (Fsp3) is 0.250. The van der Waals surface area contributed by atoms with Crippen molar-refractivity contribution in [3.63, 3.8) is 0 Å². The number of hydrogen-bond donors (Lipinski definition) is 1. The number of rotatable bonds is 3. The van der Waals surface area contributed by atoms with Gasteiger partial charge in [-0.2, -0.15) is 0 Å². The molecule has 1 atom stereocenters. The second-order valence-corrected chi connectivity index (χ2v) is 3.97. The van der Waals surface area contributed by atoms with Gasteiger partial charge in [0, 0.05) is 0 Å². The molecule has 0 aromatic heterocycles. The summed E-state index contributed by atoms with van der Waals surface area (Å²) in [5, 5.41) is 2.75. The SMILES string of the molecule is C=C(Cl)C(=O)N[C@@H](C)c1ccc(C)cc1. The van der Waals surface area contributed by atoms with E-state index in [0.29, 0.717) is 0 Å². The van der Waals surface area contributed by atoms with Crippen LogP contribution in [0, 0.1) is 6.92 Å². The van der Waals surface area contributed by atoms with Gasteiger partial charge in [-0.05, 0) is 19.4 Å². The Morgan fingerprint density at radius 2 is 1.93 bits per heavy atom. The number of aryl methyl sites for hydroxylation is 1. The van der Waals surface area contributed by atoms with Gasteiger partial charge in [-0.25, -0.2) is 0 Å². The Kier molecular flexibility index (Phi) is 3.92. The molecular weight excluding hydrogens is 210 g/mol. The Labute approximate surface area is 94.9 Å². The van der Waals surface area contributed by atoms with Crippen LogP contribution in [0.15, 0.2) is 35.9 Å². The van der Waals surface area contributed by atoms with Crippen molar-refractivity contribution in [1.82, 2.24) is 5.32 Å². The minimum atomic E-state index is -0.329. The zero-order valence-electron chi connectivity index (χ0n) is 8.88. The summed E-state index contributed by atoms with van der Waals surface area (Å²) in [6.07, 6.45) is 0. The maximum atomic E-state index is 11.3. The molecule has 80 valence electrons. The maximum Gasteiger partial charge on any atom is 0.262 e.